The molecule has 0 radical (unpaired) electrons. The van der Waals surface area contributed by atoms with Crippen molar-refractivity contribution in [2.24, 2.45) is 0 Å². The van der Waals surface area contributed by atoms with Gasteiger partial charge in [-0.3, -0.25) is 0 Å². The van der Waals surface area contributed by atoms with Gasteiger partial charge >= 0.3 is 5.97 Å². The Labute approximate surface area is 90.8 Å². The largest absolute Gasteiger partial charge is 0.462 e. The zero-order valence-corrected chi connectivity index (χ0v) is 8.78. The lowest BCUT2D eigenvalue weighted by Crippen LogP contribution is -2.08. The van der Waals surface area contributed by atoms with Crippen molar-refractivity contribution < 1.29 is 18.3 Å². The highest BCUT2D eigenvalue weighted by molar-refractivity contribution is 6.17. The average Bonchev–Trinajstić information content (AvgIpc) is 2.18. The summed E-state index contributed by atoms with van der Waals surface area (Å²) < 4.78 is 30.8. The van der Waals surface area contributed by atoms with Crippen molar-refractivity contribution in [3.05, 3.63) is 34.9 Å². The van der Waals surface area contributed by atoms with Gasteiger partial charge in [-0.2, -0.15) is 0 Å². The van der Waals surface area contributed by atoms with Crippen molar-refractivity contribution in [2.75, 3.05) is 6.61 Å². The monoisotopic (exact) mass is 234 g/mol. The first-order chi connectivity index (χ1) is 7.10. The lowest BCUT2D eigenvalue weighted by atomic mass is 10.1. The molecule has 0 atom stereocenters. The van der Waals surface area contributed by atoms with Gasteiger partial charge in [0.1, 0.15) is 11.6 Å². The molecule has 1 aromatic carbocycles. The summed E-state index contributed by atoms with van der Waals surface area (Å²) in [7, 11) is 0. The van der Waals surface area contributed by atoms with Crippen LogP contribution >= 0.6 is 11.6 Å². The molecule has 2 nitrogen and oxygen atoms in total. The summed E-state index contributed by atoms with van der Waals surface area (Å²) in [6, 6.07) is 1.69. The summed E-state index contributed by atoms with van der Waals surface area (Å²) in [5.41, 5.74) is -0.227. The number of carbonyl (C=O) groups is 1. The minimum absolute atomic E-state index is 0.0705. The number of hydrogen-bond donors (Lipinski definition) is 0. The summed E-state index contributed by atoms with van der Waals surface area (Å²) in [6.07, 6.45) is 0. The Morgan fingerprint density at radius 1 is 1.40 bits per heavy atom. The normalized spacial score (nSPS) is 10.1. The molecular weight excluding hydrogens is 226 g/mol. The summed E-state index contributed by atoms with van der Waals surface area (Å²) in [5.74, 6) is -2.66. The molecule has 0 aliphatic rings. The van der Waals surface area contributed by atoms with Crippen molar-refractivity contribution in [1.29, 1.82) is 0 Å². The van der Waals surface area contributed by atoms with Gasteiger partial charge in [-0.25, -0.2) is 13.6 Å². The third-order valence-corrected chi connectivity index (χ3v) is 2.06. The van der Waals surface area contributed by atoms with E-state index in [9.17, 15) is 13.6 Å². The molecule has 0 aromatic heterocycles. The van der Waals surface area contributed by atoms with Crippen LogP contribution in [0.1, 0.15) is 22.8 Å². The van der Waals surface area contributed by atoms with Crippen molar-refractivity contribution in [2.45, 2.75) is 12.8 Å². The van der Waals surface area contributed by atoms with Gasteiger partial charge in [0.25, 0.3) is 0 Å². The van der Waals surface area contributed by atoms with Crippen LogP contribution in [0.3, 0.4) is 0 Å². The second-order valence-electron chi connectivity index (χ2n) is 2.78. The van der Waals surface area contributed by atoms with Gasteiger partial charge in [0, 0.05) is 11.6 Å². The molecule has 0 heterocycles. The first-order valence-electron chi connectivity index (χ1n) is 4.31. The van der Waals surface area contributed by atoms with Crippen LogP contribution in [0, 0.1) is 11.6 Å². The molecule has 0 saturated carbocycles. The van der Waals surface area contributed by atoms with Crippen LogP contribution in [0.5, 0.6) is 0 Å². The molecular formula is C10H9ClF2O2. The Hall–Kier alpha value is -1.16. The highest BCUT2D eigenvalue weighted by Crippen LogP contribution is 2.17. The SMILES string of the molecule is CCOC(=O)c1cc(CCl)c(F)cc1F. The second kappa shape index (κ2) is 5.07. The van der Waals surface area contributed by atoms with Crippen molar-refractivity contribution >= 4 is 17.6 Å². The van der Waals surface area contributed by atoms with E-state index in [1.165, 1.54) is 0 Å². The topological polar surface area (TPSA) is 26.3 Å². The van der Waals surface area contributed by atoms with Gasteiger partial charge in [0.2, 0.25) is 0 Å². The number of rotatable bonds is 3. The zero-order chi connectivity index (χ0) is 11.4. The van der Waals surface area contributed by atoms with Crippen molar-refractivity contribution in [3.63, 3.8) is 0 Å². The molecule has 0 fully saturated rings. The van der Waals surface area contributed by atoms with Gasteiger partial charge in [-0.05, 0) is 13.0 Å². The average molecular weight is 235 g/mol. The maximum atomic E-state index is 13.2. The molecule has 0 bridgehead atoms. The van der Waals surface area contributed by atoms with Gasteiger partial charge in [-0.15, -0.1) is 11.6 Å². The maximum Gasteiger partial charge on any atom is 0.341 e. The first kappa shape index (κ1) is 11.9. The van der Waals surface area contributed by atoms with Crippen LogP contribution in [0.15, 0.2) is 12.1 Å². The fourth-order valence-electron chi connectivity index (χ4n) is 1.06. The third-order valence-electron chi connectivity index (χ3n) is 1.78. The van der Waals surface area contributed by atoms with Crippen molar-refractivity contribution in [1.82, 2.24) is 0 Å². The minimum atomic E-state index is -0.945. The van der Waals surface area contributed by atoms with E-state index in [4.69, 9.17) is 11.6 Å². The molecule has 0 amide bonds. The fourth-order valence-corrected chi connectivity index (χ4v) is 1.27. The van der Waals surface area contributed by atoms with Gasteiger partial charge in [-0.1, -0.05) is 0 Å². The molecule has 82 valence electrons. The number of benzene rings is 1. The lowest BCUT2D eigenvalue weighted by molar-refractivity contribution is 0.0521. The van der Waals surface area contributed by atoms with E-state index in [2.05, 4.69) is 4.74 Å². The van der Waals surface area contributed by atoms with E-state index in [-0.39, 0.29) is 23.6 Å². The van der Waals surface area contributed by atoms with Crippen LogP contribution in [0.25, 0.3) is 0 Å². The Morgan fingerprint density at radius 2 is 2.07 bits per heavy atom. The summed E-state index contributed by atoms with van der Waals surface area (Å²) in [6.45, 7) is 1.73. The molecule has 1 aromatic rings. The molecule has 0 saturated heterocycles. The Morgan fingerprint density at radius 3 is 2.60 bits per heavy atom. The smallest absolute Gasteiger partial charge is 0.341 e. The van der Waals surface area contributed by atoms with E-state index < -0.39 is 17.6 Å². The predicted octanol–water partition coefficient (Wildman–Crippen LogP) is 2.88. The van der Waals surface area contributed by atoms with Crippen LogP contribution < -0.4 is 0 Å². The standard InChI is InChI=1S/C10H9ClF2O2/c1-2-15-10(14)7-3-6(5-11)8(12)4-9(7)13/h3-4H,2,5H2,1H3. The van der Waals surface area contributed by atoms with Crippen LogP contribution in [-0.2, 0) is 10.6 Å². The van der Waals surface area contributed by atoms with Gasteiger partial charge in [0.15, 0.2) is 0 Å². The second-order valence-corrected chi connectivity index (χ2v) is 3.04. The lowest BCUT2D eigenvalue weighted by Gasteiger charge is -2.05. The van der Waals surface area contributed by atoms with Crippen LogP contribution in [-0.4, -0.2) is 12.6 Å². The Bertz CT molecular complexity index is 380. The number of carbonyl (C=O) groups excluding carboxylic acids is 1. The van der Waals surface area contributed by atoms with E-state index in [1.54, 1.807) is 6.92 Å². The molecule has 5 heteroatoms. The number of esters is 1. The molecule has 0 unspecified atom stereocenters. The first-order valence-corrected chi connectivity index (χ1v) is 4.84. The number of alkyl halides is 1. The third kappa shape index (κ3) is 2.65. The summed E-state index contributed by atoms with van der Waals surface area (Å²) in [4.78, 5) is 11.2. The predicted molar refractivity (Wildman–Crippen MR) is 51.9 cm³/mol. The van der Waals surface area contributed by atoms with Crippen molar-refractivity contribution in [3.8, 4) is 0 Å². The molecule has 0 aliphatic heterocycles. The molecule has 0 N–H and O–H groups in total. The maximum absolute atomic E-state index is 13.2. The molecule has 0 spiro atoms. The Kier molecular flexibility index (Phi) is 4.03. The minimum Gasteiger partial charge on any atom is -0.462 e. The summed E-state index contributed by atoms with van der Waals surface area (Å²) >= 11 is 5.42. The molecule has 1 rings (SSSR count). The van der Waals surface area contributed by atoms with Crippen LogP contribution in [0.2, 0.25) is 0 Å². The van der Waals surface area contributed by atoms with Gasteiger partial charge in [0.05, 0.1) is 18.1 Å². The van der Waals surface area contributed by atoms with Gasteiger partial charge < -0.3 is 4.74 Å². The van der Waals surface area contributed by atoms with E-state index >= 15 is 0 Å². The van der Waals surface area contributed by atoms with E-state index in [0.29, 0.717) is 6.07 Å². The highest BCUT2D eigenvalue weighted by atomic mass is 35.5. The number of halogens is 3. The fraction of sp³-hybridized carbons (Fsp3) is 0.300. The number of hydrogen-bond acceptors (Lipinski definition) is 2. The quantitative estimate of drug-likeness (QED) is 0.594. The number of ether oxygens (including phenoxy) is 1. The van der Waals surface area contributed by atoms with Crippen LogP contribution in [0.4, 0.5) is 8.78 Å². The molecule has 15 heavy (non-hydrogen) atoms. The Balaban J connectivity index is 3.12. The molecule has 0 aliphatic carbocycles. The van der Waals surface area contributed by atoms with E-state index in [1.807, 2.05) is 0 Å². The van der Waals surface area contributed by atoms with E-state index in [0.717, 1.165) is 6.07 Å². The zero-order valence-electron chi connectivity index (χ0n) is 8.02. The summed E-state index contributed by atoms with van der Waals surface area (Å²) in [5, 5.41) is 0. The highest BCUT2D eigenvalue weighted by Gasteiger charge is 2.16.